The number of nitrogens with zero attached hydrogens (tertiary/aromatic N) is 2. The molecule has 2 aromatic carbocycles. The highest BCUT2D eigenvalue weighted by Crippen LogP contribution is 2.38. The number of carbonyl (C=O) groups is 3. The number of imidazole rings is 1. The van der Waals surface area contributed by atoms with E-state index in [1.54, 1.807) is 50.8 Å². The number of anilines is 2. The van der Waals surface area contributed by atoms with Crippen LogP contribution >= 0.6 is 11.6 Å². The normalized spacial score (nSPS) is 18.6. The lowest BCUT2D eigenvalue weighted by Gasteiger charge is -2.27. The third kappa shape index (κ3) is 7.00. The van der Waals surface area contributed by atoms with Gasteiger partial charge < -0.3 is 20.4 Å². The summed E-state index contributed by atoms with van der Waals surface area (Å²) in [6, 6.07) is 7.43. The number of rotatable bonds is 5. The first-order valence-electron chi connectivity index (χ1n) is 14.5. The summed E-state index contributed by atoms with van der Waals surface area (Å²) in [6.07, 6.45) is -0.264. The van der Waals surface area contributed by atoms with Crippen molar-refractivity contribution in [3.63, 3.8) is 0 Å². The summed E-state index contributed by atoms with van der Waals surface area (Å²) in [5.41, 5.74) is 0.675. The fraction of sp³-hybridized carbons (Fsp3) is 0.375. The van der Waals surface area contributed by atoms with E-state index in [0.717, 1.165) is 6.08 Å². The van der Waals surface area contributed by atoms with Crippen molar-refractivity contribution < 1.29 is 32.3 Å². The Labute approximate surface area is 262 Å². The molecule has 0 spiro atoms. The number of amides is 3. The van der Waals surface area contributed by atoms with Crippen molar-refractivity contribution in [3.05, 3.63) is 76.1 Å². The fourth-order valence-corrected chi connectivity index (χ4v) is 5.61. The van der Waals surface area contributed by atoms with E-state index in [4.69, 9.17) is 21.3 Å². The van der Waals surface area contributed by atoms with Gasteiger partial charge in [-0.25, -0.2) is 9.78 Å². The van der Waals surface area contributed by atoms with Gasteiger partial charge in [0, 0.05) is 28.5 Å². The zero-order valence-electron chi connectivity index (χ0n) is 25.1. The minimum Gasteiger partial charge on any atom is -0.444 e. The molecule has 1 aliphatic heterocycles. The number of halogens is 4. The molecule has 1 unspecified atom stereocenters. The first-order chi connectivity index (χ1) is 21.1. The van der Waals surface area contributed by atoms with Gasteiger partial charge in [-0.3, -0.25) is 14.5 Å². The minimum absolute atomic E-state index is 0.0522. The van der Waals surface area contributed by atoms with Crippen LogP contribution in [0, 0.1) is 12.8 Å². The summed E-state index contributed by atoms with van der Waals surface area (Å²) in [5.74, 6) is -3.07. The molecular weight excluding hydrogens is 611 g/mol. The van der Waals surface area contributed by atoms with E-state index in [2.05, 4.69) is 15.6 Å². The second-order valence-electron chi connectivity index (χ2n) is 12.1. The summed E-state index contributed by atoms with van der Waals surface area (Å²) in [4.78, 5) is 49.3. The summed E-state index contributed by atoms with van der Waals surface area (Å²) >= 11 is 6.25. The number of alkyl halides is 3. The van der Waals surface area contributed by atoms with Crippen LogP contribution in [0.15, 0.2) is 54.1 Å². The molecule has 1 saturated heterocycles. The third-order valence-electron chi connectivity index (χ3n) is 7.64. The average Bonchev–Trinajstić information content (AvgIpc) is 3.61. The largest absolute Gasteiger partial charge is 0.444 e. The molecule has 238 valence electrons. The number of nitrogens with one attached hydrogen (secondary N) is 3. The Balaban J connectivity index is 1.53. The predicted molar refractivity (Wildman–Crippen MR) is 165 cm³/mol. The van der Waals surface area contributed by atoms with Gasteiger partial charge in [0.25, 0.3) is 11.8 Å². The lowest BCUT2D eigenvalue weighted by atomic mass is 9.90. The highest BCUT2D eigenvalue weighted by molar-refractivity contribution is 6.31. The molecule has 2 atom stereocenters. The molecule has 2 heterocycles. The van der Waals surface area contributed by atoms with E-state index in [1.165, 1.54) is 24.3 Å². The number of hydrogen-bond donors (Lipinski definition) is 3. The van der Waals surface area contributed by atoms with Gasteiger partial charge in [-0.15, -0.1) is 0 Å². The smallest absolute Gasteiger partial charge is 0.410 e. The maximum Gasteiger partial charge on any atom is 0.410 e. The monoisotopic (exact) mass is 643 g/mol. The zero-order chi connectivity index (χ0) is 32.7. The maximum atomic E-state index is 13.7. The van der Waals surface area contributed by atoms with Crippen molar-refractivity contribution >= 4 is 51.9 Å². The van der Waals surface area contributed by atoms with Crippen LogP contribution < -0.4 is 10.6 Å². The van der Waals surface area contributed by atoms with Gasteiger partial charge in [0.1, 0.15) is 16.9 Å². The number of hydrogen-bond acceptors (Lipinski definition) is 5. The zero-order valence-corrected chi connectivity index (χ0v) is 25.9. The SMILES string of the molecule is Cc1c(Cl)cccc1NC(=O)c1cc(NC(=O)C2=CC=CCC2C(F)(F)F)cc2[nH]c([C@H]3CCCN3C(=O)OC(C)(C)C)nc12. The quantitative estimate of drug-likeness (QED) is 0.262. The molecule has 3 amide bonds. The van der Waals surface area contributed by atoms with E-state index in [0.29, 0.717) is 47.0 Å². The summed E-state index contributed by atoms with van der Waals surface area (Å²) in [6.45, 7) is 7.51. The molecule has 0 radical (unpaired) electrons. The Bertz CT molecular complexity index is 1720. The molecule has 9 nitrogen and oxygen atoms in total. The van der Waals surface area contributed by atoms with Crippen LogP contribution in [-0.2, 0) is 9.53 Å². The predicted octanol–water partition coefficient (Wildman–Crippen LogP) is 7.85. The van der Waals surface area contributed by atoms with Gasteiger partial charge in [0.05, 0.1) is 23.0 Å². The van der Waals surface area contributed by atoms with E-state index in [-0.39, 0.29) is 23.2 Å². The van der Waals surface area contributed by atoms with Crippen molar-refractivity contribution in [2.45, 2.75) is 64.8 Å². The summed E-state index contributed by atoms with van der Waals surface area (Å²) in [7, 11) is 0. The first-order valence-corrected chi connectivity index (χ1v) is 14.8. The maximum absolute atomic E-state index is 13.7. The number of benzene rings is 2. The lowest BCUT2D eigenvalue weighted by molar-refractivity contribution is -0.165. The van der Waals surface area contributed by atoms with Gasteiger partial charge in [0.15, 0.2) is 0 Å². The van der Waals surface area contributed by atoms with Crippen molar-refractivity contribution in [3.8, 4) is 0 Å². The third-order valence-corrected chi connectivity index (χ3v) is 8.05. The van der Waals surface area contributed by atoms with Crippen molar-refractivity contribution in [1.82, 2.24) is 14.9 Å². The van der Waals surface area contributed by atoms with Crippen LogP contribution in [0.4, 0.5) is 29.3 Å². The van der Waals surface area contributed by atoms with E-state index in [9.17, 15) is 27.6 Å². The van der Waals surface area contributed by atoms with Gasteiger partial charge in [-0.05, 0) is 76.8 Å². The number of allylic oxidation sites excluding steroid dienone is 3. The minimum atomic E-state index is -4.61. The van der Waals surface area contributed by atoms with E-state index in [1.807, 2.05) is 0 Å². The molecule has 1 fully saturated rings. The van der Waals surface area contributed by atoms with Crippen LogP contribution in [0.3, 0.4) is 0 Å². The van der Waals surface area contributed by atoms with Crippen molar-refractivity contribution in [1.29, 1.82) is 0 Å². The fourth-order valence-electron chi connectivity index (χ4n) is 5.44. The van der Waals surface area contributed by atoms with Gasteiger partial charge >= 0.3 is 12.3 Å². The second-order valence-corrected chi connectivity index (χ2v) is 12.5. The molecule has 13 heteroatoms. The topological polar surface area (TPSA) is 116 Å². The standard InChI is InChI=1S/C32H33ClF3N5O4/c1-17-22(33)11-7-12-23(17)39-29(43)20-15-18(37-28(42)19-9-5-6-10-21(19)32(34,35)36)16-24-26(20)40-27(38-24)25-13-8-14-41(25)30(44)45-31(2,3)4/h5-7,9,11-12,15-16,21,25H,8,10,13-14H2,1-4H3,(H,37,42)(H,38,40)(H,39,43)/t21?,25-/m1/s1. The van der Waals surface area contributed by atoms with E-state index < -0.39 is 47.2 Å². The number of fused-ring (bicyclic) bond motifs is 1. The van der Waals surface area contributed by atoms with Gasteiger partial charge in [-0.2, -0.15) is 13.2 Å². The van der Waals surface area contributed by atoms with Crippen LogP contribution in [0.25, 0.3) is 11.0 Å². The van der Waals surface area contributed by atoms with Crippen LogP contribution in [0.1, 0.15) is 67.8 Å². The highest BCUT2D eigenvalue weighted by Gasteiger charge is 2.44. The molecule has 2 aliphatic rings. The molecule has 3 aromatic rings. The molecule has 5 rings (SSSR count). The molecule has 0 saturated carbocycles. The molecule has 45 heavy (non-hydrogen) atoms. The van der Waals surface area contributed by atoms with Crippen molar-refractivity contribution in [2.75, 3.05) is 17.2 Å². The summed E-state index contributed by atoms with van der Waals surface area (Å²) in [5, 5.41) is 5.80. The Hall–Kier alpha value is -4.32. The lowest BCUT2D eigenvalue weighted by Crippen LogP contribution is -2.36. The molecular formula is C32H33ClF3N5O4. The number of carbonyl (C=O) groups excluding carboxylic acids is 3. The Kier molecular flexibility index (Phi) is 8.72. The number of aromatic nitrogens is 2. The second kappa shape index (κ2) is 12.2. The van der Waals surface area contributed by atoms with E-state index >= 15 is 0 Å². The Morgan fingerprint density at radius 2 is 1.87 bits per heavy atom. The number of ether oxygens (including phenoxy) is 1. The molecule has 1 aliphatic carbocycles. The summed E-state index contributed by atoms with van der Waals surface area (Å²) < 4.78 is 46.7. The Morgan fingerprint density at radius 3 is 2.58 bits per heavy atom. The molecule has 1 aromatic heterocycles. The number of aromatic amines is 1. The Morgan fingerprint density at radius 1 is 1.11 bits per heavy atom. The van der Waals surface area contributed by atoms with Crippen LogP contribution in [-0.4, -0.2) is 51.1 Å². The average molecular weight is 644 g/mol. The van der Waals surface area contributed by atoms with Crippen LogP contribution in [0.2, 0.25) is 5.02 Å². The van der Waals surface area contributed by atoms with Gasteiger partial charge in [-0.1, -0.05) is 35.9 Å². The van der Waals surface area contributed by atoms with Crippen LogP contribution in [0.5, 0.6) is 0 Å². The first kappa shape index (κ1) is 32.1. The highest BCUT2D eigenvalue weighted by atomic mass is 35.5. The number of likely N-dealkylation sites (tertiary alicyclic amines) is 1. The molecule has 0 bridgehead atoms. The van der Waals surface area contributed by atoms with Crippen molar-refractivity contribution in [2.24, 2.45) is 5.92 Å². The van der Waals surface area contributed by atoms with Gasteiger partial charge in [0.2, 0.25) is 0 Å². The number of H-pyrrole nitrogens is 1. The molecule has 3 N–H and O–H groups in total.